The van der Waals surface area contributed by atoms with Crippen molar-refractivity contribution in [3.63, 3.8) is 0 Å². The van der Waals surface area contributed by atoms with Crippen LogP contribution in [0.1, 0.15) is 37.6 Å². The maximum absolute atomic E-state index is 5.91. The van der Waals surface area contributed by atoms with Gasteiger partial charge in [0, 0.05) is 5.39 Å². The number of benzene rings is 1. The molecule has 1 atom stereocenters. The molecule has 0 fully saturated rings. The van der Waals surface area contributed by atoms with Crippen LogP contribution in [-0.2, 0) is 0 Å². The van der Waals surface area contributed by atoms with Crippen molar-refractivity contribution in [1.82, 2.24) is 5.43 Å². The van der Waals surface area contributed by atoms with E-state index in [4.69, 9.17) is 10.3 Å². The predicted octanol–water partition coefficient (Wildman–Crippen LogP) is 3.29. The van der Waals surface area contributed by atoms with E-state index in [9.17, 15) is 0 Å². The van der Waals surface area contributed by atoms with Gasteiger partial charge in [0.2, 0.25) is 0 Å². The molecule has 1 aromatic heterocycles. The quantitative estimate of drug-likeness (QED) is 0.628. The van der Waals surface area contributed by atoms with E-state index in [0.29, 0.717) is 5.92 Å². The summed E-state index contributed by atoms with van der Waals surface area (Å²) in [6.07, 6.45) is 0.968. The minimum atomic E-state index is 0.0850. The van der Waals surface area contributed by atoms with Crippen LogP contribution in [0.15, 0.2) is 28.7 Å². The first-order valence-electron chi connectivity index (χ1n) is 6.07. The first kappa shape index (κ1) is 12.1. The van der Waals surface area contributed by atoms with E-state index < -0.39 is 0 Å². The van der Waals surface area contributed by atoms with Gasteiger partial charge in [0.05, 0.1) is 6.04 Å². The average molecular weight is 232 g/mol. The van der Waals surface area contributed by atoms with Crippen molar-refractivity contribution >= 4 is 11.0 Å². The summed E-state index contributed by atoms with van der Waals surface area (Å²) in [5.74, 6) is 7.10. The van der Waals surface area contributed by atoms with Crippen molar-refractivity contribution in [2.45, 2.75) is 33.2 Å². The molecule has 0 radical (unpaired) electrons. The summed E-state index contributed by atoms with van der Waals surface area (Å²) in [6.45, 7) is 6.42. The predicted molar refractivity (Wildman–Crippen MR) is 70.5 cm³/mol. The molecule has 1 heterocycles. The molecule has 1 aromatic carbocycles. The minimum absolute atomic E-state index is 0.0850. The highest BCUT2D eigenvalue weighted by Crippen LogP contribution is 2.28. The molecule has 3 nitrogen and oxygen atoms in total. The van der Waals surface area contributed by atoms with Crippen molar-refractivity contribution in [2.75, 3.05) is 0 Å². The van der Waals surface area contributed by atoms with E-state index in [-0.39, 0.29) is 6.04 Å². The van der Waals surface area contributed by atoms with Gasteiger partial charge in [0.15, 0.2) is 0 Å². The average Bonchev–Trinajstić information content (AvgIpc) is 2.70. The molecule has 3 heteroatoms. The molecule has 0 aliphatic heterocycles. The van der Waals surface area contributed by atoms with Crippen LogP contribution >= 0.6 is 0 Å². The van der Waals surface area contributed by atoms with Crippen LogP contribution in [-0.4, -0.2) is 0 Å². The lowest BCUT2D eigenvalue weighted by Crippen LogP contribution is -2.28. The second-order valence-corrected chi connectivity index (χ2v) is 4.99. The maximum Gasteiger partial charge on any atom is 0.137 e. The van der Waals surface area contributed by atoms with Gasteiger partial charge in [-0.15, -0.1) is 0 Å². The largest absolute Gasteiger partial charge is 0.459 e. The number of aryl methyl sites for hydroxylation is 1. The Labute approximate surface area is 102 Å². The fourth-order valence-electron chi connectivity index (χ4n) is 2.14. The smallest absolute Gasteiger partial charge is 0.137 e. The van der Waals surface area contributed by atoms with Gasteiger partial charge in [-0.25, -0.2) is 5.43 Å². The Kier molecular flexibility index (Phi) is 3.50. The molecule has 0 saturated carbocycles. The van der Waals surface area contributed by atoms with Gasteiger partial charge in [0.25, 0.3) is 0 Å². The normalized spacial score (nSPS) is 13.5. The summed E-state index contributed by atoms with van der Waals surface area (Å²) < 4.78 is 5.91. The van der Waals surface area contributed by atoms with Crippen molar-refractivity contribution in [2.24, 2.45) is 11.8 Å². The number of rotatable bonds is 4. The first-order valence-corrected chi connectivity index (χ1v) is 6.07. The number of para-hydroxylation sites is 1. The van der Waals surface area contributed by atoms with Gasteiger partial charge in [-0.05, 0) is 30.9 Å². The highest BCUT2D eigenvalue weighted by atomic mass is 16.3. The zero-order chi connectivity index (χ0) is 12.4. The summed E-state index contributed by atoms with van der Waals surface area (Å²) in [6, 6.07) is 8.34. The Hall–Kier alpha value is -1.32. The Morgan fingerprint density at radius 3 is 2.71 bits per heavy atom. The van der Waals surface area contributed by atoms with Crippen LogP contribution in [0.25, 0.3) is 11.0 Å². The number of nitrogens with one attached hydrogen (secondary N) is 1. The molecule has 0 amide bonds. The number of nitrogens with two attached hydrogens (primary N) is 1. The topological polar surface area (TPSA) is 51.2 Å². The summed E-state index contributed by atoms with van der Waals surface area (Å²) in [4.78, 5) is 0. The van der Waals surface area contributed by atoms with E-state index >= 15 is 0 Å². The number of hydrogen-bond acceptors (Lipinski definition) is 3. The molecular formula is C14H20N2O. The Bertz CT molecular complexity index is 502. The molecule has 0 spiro atoms. The lowest BCUT2D eigenvalue weighted by Gasteiger charge is -2.15. The number of hydrazine groups is 1. The molecule has 0 bridgehead atoms. The van der Waals surface area contributed by atoms with Crippen molar-refractivity contribution in [3.05, 3.63) is 35.6 Å². The van der Waals surface area contributed by atoms with Gasteiger partial charge in [0.1, 0.15) is 11.3 Å². The van der Waals surface area contributed by atoms with Crippen LogP contribution in [0.2, 0.25) is 0 Å². The van der Waals surface area contributed by atoms with Crippen molar-refractivity contribution < 1.29 is 4.42 Å². The van der Waals surface area contributed by atoms with Crippen LogP contribution in [0.3, 0.4) is 0 Å². The third kappa shape index (κ3) is 2.51. The summed E-state index contributed by atoms with van der Waals surface area (Å²) in [5, 5.41) is 1.14. The summed E-state index contributed by atoms with van der Waals surface area (Å²) in [7, 11) is 0. The fourth-order valence-corrected chi connectivity index (χ4v) is 2.14. The third-order valence-electron chi connectivity index (χ3n) is 3.01. The van der Waals surface area contributed by atoms with Crippen LogP contribution in [0, 0.1) is 12.8 Å². The third-order valence-corrected chi connectivity index (χ3v) is 3.01. The minimum Gasteiger partial charge on any atom is -0.459 e. The lowest BCUT2D eigenvalue weighted by atomic mass is 10.0. The van der Waals surface area contributed by atoms with Crippen LogP contribution < -0.4 is 11.3 Å². The monoisotopic (exact) mass is 232 g/mol. The maximum atomic E-state index is 5.91. The zero-order valence-corrected chi connectivity index (χ0v) is 10.7. The van der Waals surface area contributed by atoms with Crippen LogP contribution in [0.5, 0.6) is 0 Å². The highest BCUT2D eigenvalue weighted by Gasteiger charge is 2.16. The van der Waals surface area contributed by atoms with E-state index in [1.54, 1.807) is 0 Å². The van der Waals surface area contributed by atoms with E-state index in [1.165, 1.54) is 0 Å². The Morgan fingerprint density at radius 2 is 2.12 bits per heavy atom. The molecule has 2 aromatic rings. The van der Waals surface area contributed by atoms with Gasteiger partial charge in [-0.1, -0.05) is 32.0 Å². The van der Waals surface area contributed by atoms with E-state index in [2.05, 4.69) is 44.4 Å². The number of fused-ring (bicyclic) bond motifs is 1. The highest BCUT2D eigenvalue weighted by molar-refractivity contribution is 5.80. The lowest BCUT2D eigenvalue weighted by molar-refractivity contribution is 0.375. The molecule has 17 heavy (non-hydrogen) atoms. The summed E-state index contributed by atoms with van der Waals surface area (Å²) in [5.41, 5.74) is 4.96. The van der Waals surface area contributed by atoms with Crippen molar-refractivity contribution in [1.29, 1.82) is 0 Å². The molecule has 1 unspecified atom stereocenters. The van der Waals surface area contributed by atoms with E-state index in [1.807, 2.05) is 6.07 Å². The Morgan fingerprint density at radius 1 is 1.35 bits per heavy atom. The molecule has 0 saturated heterocycles. The SMILES string of the molecule is Cc1cccc2cc(C(CC(C)C)NN)oc12. The zero-order valence-electron chi connectivity index (χ0n) is 10.7. The number of hydrogen-bond donors (Lipinski definition) is 2. The second kappa shape index (κ2) is 4.90. The van der Waals surface area contributed by atoms with E-state index in [0.717, 1.165) is 28.7 Å². The molecule has 92 valence electrons. The first-order chi connectivity index (χ1) is 8.11. The molecule has 0 aliphatic carbocycles. The molecule has 0 aliphatic rings. The molecule has 2 rings (SSSR count). The van der Waals surface area contributed by atoms with Gasteiger partial charge >= 0.3 is 0 Å². The van der Waals surface area contributed by atoms with Crippen LogP contribution in [0.4, 0.5) is 0 Å². The van der Waals surface area contributed by atoms with Gasteiger partial charge in [-0.3, -0.25) is 5.84 Å². The fraction of sp³-hybridized carbons (Fsp3) is 0.429. The van der Waals surface area contributed by atoms with Crippen molar-refractivity contribution in [3.8, 4) is 0 Å². The standard InChI is InChI=1S/C14H20N2O/c1-9(2)7-12(16-15)13-8-11-6-4-5-10(3)14(11)17-13/h4-6,8-9,12,16H,7,15H2,1-3H3. The molecule has 3 N–H and O–H groups in total. The second-order valence-electron chi connectivity index (χ2n) is 4.99. The number of furan rings is 1. The molecular weight excluding hydrogens is 212 g/mol. The van der Waals surface area contributed by atoms with Gasteiger partial charge < -0.3 is 4.42 Å². The Balaban J connectivity index is 2.37. The van der Waals surface area contributed by atoms with Gasteiger partial charge in [-0.2, -0.15) is 0 Å². The summed E-state index contributed by atoms with van der Waals surface area (Å²) >= 11 is 0.